The molecule has 4 heteroatoms. The Morgan fingerprint density at radius 2 is 1.78 bits per heavy atom. The molecule has 3 nitrogen and oxygen atoms in total. The Kier molecular flexibility index (Phi) is 4.25. The second-order valence-corrected chi connectivity index (χ2v) is 6.54. The van der Waals surface area contributed by atoms with Crippen molar-refractivity contribution >= 4 is 23.1 Å². The zero-order valence-corrected chi connectivity index (χ0v) is 12.0. The molecule has 0 heterocycles. The number of amides is 1. The number of hydrogen-bond acceptors (Lipinski definition) is 2. The average molecular weight is 268 g/mol. The molecule has 2 aliphatic carbocycles. The first-order valence-corrected chi connectivity index (χ1v) is 7.56. The summed E-state index contributed by atoms with van der Waals surface area (Å²) >= 11 is 5.22. The van der Waals surface area contributed by atoms with Gasteiger partial charge in [-0.2, -0.15) is 0 Å². The first kappa shape index (κ1) is 13.8. The lowest BCUT2D eigenvalue weighted by Gasteiger charge is -2.40. The minimum Gasteiger partial charge on any atom is -0.391 e. The molecule has 1 amide bonds. The lowest BCUT2D eigenvalue weighted by Crippen LogP contribution is -2.59. The van der Waals surface area contributed by atoms with Gasteiger partial charge in [-0.25, -0.2) is 0 Å². The van der Waals surface area contributed by atoms with E-state index in [0.29, 0.717) is 4.99 Å². The maximum atomic E-state index is 12.3. The molecule has 0 unspecified atom stereocenters. The molecule has 2 fully saturated rings. The largest absolute Gasteiger partial charge is 0.391 e. The lowest BCUT2D eigenvalue weighted by molar-refractivity contribution is -0.126. The Hall–Kier alpha value is -0.640. The normalized spacial score (nSPS) is 33.3. The third-order valence-electron chi connectivity index (χ3n) is 4.69. The van der Waals surface area contributed by atoms with Crippen LogP contribution in [0.25, 0.3) is 0 Å². The molecule has 0 bridgehead atoms. The zero-order valence-electron chi connectivity index (χ0n) is 11.2. The second kappa shape index (κ2) is 5.55. The second-order valence-electron chi connectivity index (χ2n) is 6.10. The molecular formula is C14H24N2OS. The maximum absolute atomic E-state index is 12.3. The third kappa shape index (κ3) is 2.85. The summed E-state index contributed by atoms with van der Waals surface area (Å²) in [4.78, 5) is 12.8. The number of hydrogen-bond donors (Lipinski definition) is 2. The topological polar surface area (TPSA) is 55.1 Å². The number of carbonyl (C=O) groups excluding carboxylic acids is 1. The van der Waals surface area contributed by atoms with Crippen molar-refractivity contribution in [3.05, 3.63) is 0 Å². The summed E-state index contributed by atoms with van der Waals surface area (Å²) in [6.45, 7) is 2.25. The predicted molar refractivity (Wildman–Crippen MR) is 77.2 cm³/mol. The minimum atomic E-state index is -0.401. The predicted octanol–water partition coefficient (Wildman–Crippen LogP) is 2.53. The molecule has 0 radical (unpaired) electrons. The smallest absolute Gasteiger partial charge is 0.223 e. The summed E-state index contributed by atoms with van der Waals surface area (Å²) < 4.78 is 0. The van der Waals surface area contributed by atoms with Crippen molar-refractivity contribution in [1.29, 1.82) is 0 Å². The van der Waals surface area contributed by atoms with Crippen LogP contribution in [0.2, 0.25) is 0 Å². The molecule has 0 aromatic carbocycles. The highest BCUT2D eigenvalue weighted by Crippen LogP contribution is 2.33. The Bertz CT molecular complexity index is 329. The molecule has 3 N–H and O–H groups in total. The molecule has 0 aromatic rings. The van der Waals surface area contributed by atoms with Gasteiger partial charge < -0.3 is 11.1 Å². The van der Waals surface area contributed by atoms with E-state index < -0.39 is 5.54 Å². The number of rotatable bonds is 3. The molecule has 2 saturated carbocycles. The van der Waals surface area contributed by atoms with E-state index in [1.807, 2.05) is 0 Å². The molecule has 2 aliphatic rings. The van der Waals surface area contributed by atoms with Crippen molar-refractivity contribution < 1.29 is 4.79 Å². The summed E-state index contributed by atoms with van der Waals surface area (Å²) in [6, 6.07) is 0. The maximum Gasteiger partial charge on any atom is 0.223 e. The monoisotopic (exact) mass is 268 g/mol. The van der Waals surface area contributed by atoms with Crippen LogP contribution in [-0.4, -0.2) is 16.4 Å². The summed E-state index contributed by atoms with van der Waals surface area (Å²) in [5, 5.41) is 3.19. The van der Waals surface area contributed by atoms with Crippen LogP contribution in [0.3, 0.4) is 0 Å². The number of nitrogens with two attached hydrogens (primary N) is 1. The van der Waals surface area contributed by atoms with Crippen LogP contribution in [0, 0.1) is 11.8 Å². The van der Waals surface area contributed by atoms with E-state index in [2.05, 4.69) is 12.2 Å². The van der Waals surface area contributed by atoms with Crippen molar-refractivity contribution in [2.45, 2.75) is 63.8 Å². The summed E-state index contributed by atoms with van der Waals surface area (Å²) in [5.74, 6) is 1.08. The molecule has 102 valence electrons. The molecule has 0 aromatic heterocycles. The highest BCUT2D eigenvalue weighted by atomic mass is 32.1. The molecule has 0 aliphatic heterocycles. The van der Waals surface area contributed by atoms with E-state index in [0.717, 1.165) is 44.4 Å². The van der Waals surface area contributed by atoms with Gasteiger partial charge in [-0.05, 0) is 44.4 Å². The van der Waals surface area contributed by atoms with E-state index >= 15 is 0 Å². The summed E-state index contributed by atoms with van der Waals surface area (Å²) in [7, 11) is 0. The van der Waals surface area contributed by atoms with E-state index in [9.17, 15) is 4.79 Å². The van der Waals surface area contributed by atoms with Crippen LogP contribution in [0.1, 0.15) is 58.3 Å². The van der Waals surface area contributed by atoms with Crippen LogP contribution in [0.5, 0.6) is 0 Å². The van der Waals surface area contributed by atoms with E-state index in [1.54, 1.807) is 0 Å². The fourth-order valence-electron chi connectivity index (χ4n) is 3.21. The van der Waals surface area contributed by atoms with Crippen molar-refractivity contribution in [2.75, 3.05) is 0 Å². The lowest BCUT2D eigenvalue weighted by atomic mass is 9.76. The number of carbonyl (C=O) groups is 1. The first-order valence-electron chi connectivity index (χ1n) is 7.15. The molecule has 0 spiro atoms. The van der Waals surface area contributed by atoms with Crippen LogP contribution in [0.15, 0.2) is 0 Å². The summed E-state index contributed by atoms with van der Waals surface area (Å²) in [5.41, 5.74) is 5.51. The fraction of sp³-hybridized carbons (Fsp3) is 0.857. The van der Waals surface area contributed by atoms with Gasteiger partial charge in [-0.15, -0.1) is 0 Å². The summed E-state index contributed by atoms with van der Waals surface area (Å²) in [6.07, 6.45) is 8.41. The van der Waals surface area contributed by atoms with Gasteiger partial charge in [-0.1, -0.05) is 32.0 Å². The van der Waals surface area contributed by atoms with Crippen LogP contribution in [0.4, 0.5) is 0 Å². The van der Waals surface area contributed by atoms with Crippen molar-refractivity contribution in [3.8, 4) is 0 Å². The Labute approximate surface area is 115 Å². The van der Waals surface area contributed by atoms with Crippen LogP contribution < -0.4 is 11.1 Å². The first-order chi connectivity index (χ1) is 8.53. The van der Waals surface area contributed by atoms with Gasteiger partial charge in [0, 0.05) is 5.92 Å². The SMILES string of the molecule is CC1CCC(NC(=O)C2CCCC2)(C(N)=S)CC1. The molecule has 0 saturated heterocycles. The molecule has 2 rings (SSSR count). The van der Waals surface area contributed by atoms with Gasteiger partial charge >= 0.3 is 0 Å². The Balaban J connectivity index is 2.01. The van der Waals surface area contributed by atoms with Gasteiger partial charge in [0.1, 0.15) is 0 Å². The number of nitrogens with one attached hydrogen (secondary N) is 1. The quantitative estimate of drug-likeness (QED) is 0.773. The van der Waals surface area contributed by atoms with Crippen LogP contribution >= 0.6 is 12.2 Å². The van der Waals surface area contributed by atoms with E-state index in [-0.39, 0.29) is 11.8 Å². The Morgan fingerprint density at radius 3 is 2.28 bits per heavy atom. The zero-order chi connectivity index (χ0) is 13.2. The van der Waals surface area contributed by atoms with Gasteiger partial charge in [0.15, 0.2) is 0 Å². The third-order valence-corrected chi connectivity index (χ3v) is 5.08. The van der Waals surface area contributed by atoms with E-state index in [1.165, 1.54) is 12.8 Å². The van der Waals surface area contributed by atoms with Gasteiger partial charge in [0.2, 0.25) is 5.91 Å². The van der Waals surface area contributed by atoms with Gasteiger partial charge in [0.25, 0.3) is 0 Å². The van der Waals surface area contributed by atoms with E-state index in [4.69, 9.17) is 18.0 Å². The molecule has 18 heavy (non-hydrogen) atoms. The standard InChI is InChI=1S/C14H24N2OS/c1-10-6-8-14(9-7-10,13(15)18)16-12(17)11-4-2-3-5-11/h10-11H,2-9H2,1H3,(H2,15,18)(H,16,17). The highest BCUT2D eigenvalue weighted by molar-refractivity contribution is 7.80. The van der Waals surface area contributed by atoms with Crippen molar-refractivity contribution in [2.24, 2.45) is 17.6 Å². The van der Waals surface area contributed by atoms with Crippen molar-refractivity contribution in [3.63, 3.8) is 0 Å². The van der Waals surface area contributed by atoms with Crippen LogP contribution in [-0.2, 0) is 4.79 Å². The van der Waals surface area contributed by atoms with Gasteiger partial charge in [0.05, 0.1) is 10.5 Å². The fourth-order valence-corrected chi connectivity index (χ4v) is 3.47. The average Bonchev–Trinajstić information content (AvgIpc) is 2.85. The molecular weight excluding hydrogens is 244 g/mol. The van der Waals surface area contributed by atoms with Crippen molar-refractivity contribution in [1.82, 2.24) is 5.32 Å². The molecule has 0 atom stereocenters. The van der Waals surface area contributed by atoms with Gasteiger partial charge in [-0.3, -0.25) is 4.79 Å². The number of thiocarbonyl (C=S) groups is 1. The minimum absolute atomic E-state index is 0.176. The Morgan fingerprint density at radius 1 is 1.22 bits per heavy atom. The highest BCUT2D eigenvalue weighted by Gasteiger charge is 2.39.